The number of rotatable bonds is 9. The normalized spacial score (nSPS) is 13.9. The van der Waals surface area contributed by atoms with E-state index in [4.69, 9.17) is 0 Å². The van der Waals surface area contributed by atoms with Crippen LogP contribution in [0.15, 0.2) is 88.7 Å². The van der Waals surface area contributed by atoms with Crippen LogP contribution in [0.2, 0.25) is 0 Å². The van der Waals surface area contributed by atoms with Gasteiger partial charge >= 0.3 is 0 Å². The predicted octanol–water partition coefficient (Wildman–Crippen LogP) is 2.86. The van der Waals surface area contributed by atoms with Crippen molar-refractivity contribution in [1.82, 2.24) is 10.1 Å². The van der Waals surface area contributed by atoms with Gasteiger partial charge in [-0.15, -0.1) is 0 Å². The highest BCUT2D eigenvalue weighted by Gasteiger charge is 2.27. The van der Waals surface area contributed by atoms with Crippen LogP contribution < -0.4 is 15.6 Å². The fraction of sp³-hybridized carbons (Fsp3) is 0.174. The lowest BCUT2D eigenvalue weighted by Crippen LogP contribution is -2.29. The van der Waals surface area contributed by atoms with Gasteiger partial charge in [0.05, 0.1) is 21.2 Å². The van der Waals surface area contributed by atoms with Crippen LogP contribution >= 0.6 is 0 Å². The van der Waals surface area contributed by atoms with Gasteiger partial charge in [-0.25, -0.2) is 21.6 Å². The highest BCUT2D eigenvalue weighted by atomic mass is 32.2. The molecule has 0 bridgehead atoms. The summed E-state index contributed by atoms with van der Waals surface area (Å²) < 4.78 is 52.2. The zero-order chi connectivity index (χ0) is 23.5. The van der Waals surface area contributed by atoms with Crippen molar-refractivity contribution < 1.29 is 21.6 Å². The maximum Gasteiger partial charge on any atom is 0.269 e. The molecule has 0 atom stereocenters. The molecule has 8 nitrogen and oxygen atoms in total. The van der Waals surface area contributed by atoms with Gasteiger partial charge in [-0.2, -0.15) is 0 Å². The third-order valence-electron chi connectivity index (χ3n) is 5.03. The molecule has 10 heteroatoms. The number of carbonyl (C=O) groups excluding carboxylic acids is 1. The summed E-state index contributed by atoms with van der Waals surface area (Å²) in [6.45, 7) is 0. The molecule has 172 valence electrons. The molecule has 0 aromatic heterocycles. The minimum absolute atomic E-state index is 0.0190. The molecule has 3 aromatic rings. The van der Waals surface area contributed by atoms with Crippen molar-refractivity contribution in [2.45, 2.75) is 34.4 Å². The molecular weight excluding hydrogens is 462 g/mol. The number of hydrogen-bond donors (Lipinski definition) is 3. The third-order valence-corrected chi connectivity index (χ3v) is 8.27. The van der Waals surface area contributed by atoms with Crippen LogP contribution in [-0.4, -0.2) is 28.8 Å². The van der Waals surface area contributed by atoms with Crippen molar-refractivity contribution in [1.29, 1.82) is 0 Å². The molecule has 3 N–H and O–H groups in total. The fourth-order valence-corrected chi connectivity index (χ4v) is 5.80. The predicted molar refractivity (Wildman–Crippen MR) is 125 cm³/mol. The Morgan fingerprint density at radius 3 is 2.18 bits per heavy atom. The van der Waals surface area contributed by atoms with Gasteiger partial charge in [-0.1, -0.05) is 30.3 Å². The van der Waals surface area contributed by atoms with Crippen molar-refractivity contribution in [3.63, 3.8) is 0 Å². The van der Waals surface area contributed by atoms with E-state index in [1.807, 2.05) is 0 Å². The number of sulfonamides is 1. The molecule has 0 spiro atoms. The summed E-state index contributed by atoms with van der Waals surface area (Å²) in [6, 6.07) is 20.5. The van der Waals surface area contributed by atoms with E-state index >= 15 is 0 Å². The zero-order valence-electron chi connectivity index (χ0n) is 17.6. The van der Waals surface area contributed by atoms with Gasteiger partial charge in [0.15, 0.2) is 9.84 Å². The molecule has 33 heavy (non-hydrogen) atoms. The van der Waals surface area contributed by atoms with E-state index in [1.165, 1.54) is 30.3 Å². The molecule has 1 saturated carbocycles. The van der Waals surface area contributed by atoms with E-state index in [2.05, 4.69) is 15.6 Å². The van der Waals surface area contributed by atoms with Crippen LogP contribution in [0.25, 0.3) is 0 Å². The van der Waals surface area contributed by atoms with E-state index in [-0.39, 0.29) is 27.1 Å². The molecule has 1 aliphatic carbocycles. The molecule has 3 aromatic carbocycles. The SMILES string of the molecule is O=C(NNc1ccc(S(=O)(=O)NC2CC2)cc1)c1cccc(CS(=O)(=O)c2ccccc2)c1. The van der Waals surface area contributed by atoms with E-state index in [0.717, 1.165) is 12.8 Å². The summed E-state index contributed by atoms with van der Waals surface area (Å²) >= 11 is 0. The standard InChI is InChI=1S/C23H23N3O5S2/c27-23(25-24-19-11-13-22(14-12-19)33(30,31)26-20-9-10-20)18-6-4-5-17(15-18)16-32(28,29)21-7-2-1-3-8-21/h1-8,11-15,20,24,26H,9-10,16H2,(H,25,27). The van der Waals surface area contributed by atoms with Gasteiger partial charge in [0.1, 0.15) is 0 Å². The minimum atomic E-state index is -3.54. The Hall–Kier alpha value is -3.21. The van der Waals surface area contributed by atoms with Crippen molar-refractivity contribution >= 4 is 31.5 Å². The first-order valence-electron chi connectivity index (χ1n) is 10.3. The van der Waals surface area contributed by atoms with Gasteiger partial charge in [0, 0.05) is 11.6 Å². The van der Waals surface area contributed by atoms with E-state index < -0.39 is 25.8 Å². The van der Waals surface area contributed by atoms with E-state index in [9.17, 15) is 21.6 Å². The van der Waals surface area contributed by atoms with Crippen molar-refractivity contribution in [3.8, 4) is 0 Å². The summed E-state index contributed by atoms with van der Waals surface area (Å²) in [5, 5.41) is 0. The lowest BCUT2D eigenvalue weighted by atomic mass is 10.1. The number of benzene rings is 3. The van der Waals surface area contributed by atoms with Crippen LogP contribution in [0.4, 0.5) is 5.69 Å². The van der Waals surface area contributed by atoms with Crippen LogP contribution in [0.1, 0.15) is 28.8 Å². The maximum absolute atomic E-state index is 12.6. The van der Waals surface area contributed by atoms with E-state index in [0.29, 0.717) is 11.3 Å². The number of carbonyl (C=O) groups is 1. The summed E-state index contributed by atoms with van der Waals surface area (Å²) in [7, 11) is -7.07. The number of hydrazine groups is 1. The van der Waals surface area contributed by atoms with Crippen LogP contribution in [-0.2, 0) is 25.6 Å². The smallest absolute Gasteiger partial charge is 0.269 e. The first kappa shape index (κ1) is 23.0. The van der Waals surface area contributed by atoms with Gasteiger partial charge in [0.2, 0.25) is 10.0 Å². The topological polar surface area (TPSA) is 121 Å². The average Bonchev–Trinajstić information content (AvgIpc) is 3.61. The Balaban J connectivity index is 1.38. The second-order valence-corrected chi connectivity index (χ2v) is 11.5. The average molecular weight is 486 g/mol. The monoisotopic (exact) mass is 485 g/mol. The van der Waals surface area contributed by atoms with Gasteiger partial charge in [0.25, 0.3) is 5.91 Å². The van der Waals surface area contributed by atoms with Crippen LogP contribution in [0.3, 0.4) is 0 Å². The molecule has 0 saturated heterocycles. The second kappa shape index (κ2) is 9.34. The Bertz CT molecular complexity index is 1350. The first-order chi connectivity index (χ1) is 15.7. The molecule has 1 fully saturated rings. The summed E-state index contributed by atoms with van der Waals surface area (Å²) in [5.74, 6) is -0.683. The molecule has 0 aliphatic heterocycles. The first-order valence-corrected chi connectivity index (χ1v) is 13.4. The second-order valence-electron chi connectivity index (χ2n) is 7.77. The van der Waals surface area contributed by atoms with Crippen LogP contribution in [0, 0.1) is 0 Å². The van der Waals surface area contributed by atoms with E-state index in [1.54, 1.807) is 48.5 Å². The van der Waals surface area contributed by atoms with Crippen molar-refractivity contribution in [2.24, 2.45) is 0 Å². The quantitative estimate of drug-likeness (QED) is 0.401. The highest BCUT2D eigenvalue weighted by molar-refractivity contribution is 7.90. The third kappa shape index (κ3) is 5.98. The largest absolute Gasteiger partial charge is 0.298 e. The van der Waals surface area contributed by atoms with Gasteiger partial charge < -0.3 is 0 Å². The molecule has 1 amide bonds. The molecule has 4 rings (SSSR count). The zero-order valence-corrected chi connectivity index (χ0v) is 19.2. The van der Waals surface area contributed by atoms with Gasteiger partial charge in [-0.3, -0.25) is 15.6 Å². The van der Waals surface area contributed by atoms with Crippen LogP contribution in [0.5, 0.6) is 0 Å². The number of anilines is 1. The lowest BCUT2D eigenvalue weighted by molar-refractivity contribution is 0.0962. The number of hydrogen-bond acceptors (Lipinski definition) is 6. The Morgan fingerprint density at radius 1 is 0.818 bits per heavy atom. The Morgan fingerprint density at radius 2 is 1.52 bits per heavy atom. The minimum Gasteiger partial charge on any atom is -0.298 e. The summed E-state index contributed by atoms with van der Waals surface area (Å²) in [5.41, 5.74) is 6.54. The molecule has 0 radical (unpaired) electrons. The molecule has 0 unspecified atom stereocenters. The molecule has 0 heterocycles. The lowest BCUT2D eigenvalue weighted by Gasteiger charge is -2.11. The number of sulfone groups is 1. The maximum atomic E-state index is 12.6. The number of amides is 1. The molecular formula is C23H23N3O5S2. The van der Waals surface area contributed by atoms with Gasteiger partial charge in [-0.05, 0) is 66.9 Å². The Labute approximate surface area is 193 Å². The van der Waals surface area contributed by atoms with Crippen molar-refractivity contribution in [3.05, 3.63) is 90.0 Å². The molecule has 1 aliphatic rings. The van der Waals surface area contributed by atoms with Crippen molar-refractivity contribution in [2.75, 3.05) is 5.43 Å². The highest BCUT2D eigenvalue weighted by Crippen LogP contribution is 2.23. The summed E-state index contributed by atoms with van der Waals surface area (Å²) in [6.07, 6.45) is 1.70. The fourth-order valence-electron chi connectivity index (χ4n) is 3.14. The summed E-state index contributed by atoms with van der Waals surface area (Å²) in [4.78, 5) is 12.9. The Kier molecular flexibility index (Phi) is 6.50. The number of nitrogens with one attached hydrogen (secondary N) is 3.